The number of hydrogen-bond acceptors (Lipinski definition) is 8. The lowest BCUT2D eigenvalue weighted by Crippen LogP contribution is -2.48. The fourth-order valence-electron chi connectivity index (χ4n) is 4.93. The Hall–Kier alpha value is -2.89. The molecule has 3 aromatic rings. The molecule has 1 atom stereocenters. The Morgan fingerprint density at radius 2 is 1.89 bits per heavy atom. The van der Waals surface area contributed by atoms with E-state index in [9.17, 15) is 13.9 Å². The fraction of sp³-hybridized carbons (Fsp3) is 0.542. The molecular formula is C24H31F2N7O2. The zero-order chi connectivity index (χ0) is 24.4. The molecule has 1 saturated heterocycles. The van der Waals surface area contributed by atoms with Gasteiger partial charge in [-0.25, -0.2) is 13.8 Å². The van der Waals surface area contributed by atoms with Crippen LogP contribution in [0.5, 0.6) is 0 Å². The van der Waals surface area contributed by atoms with E-state index >= 15 is 0 Å². The van der Waals surface area contributed by atoms with E-state index in [2.05, 4.69) is 15.3 Å². The van der Waals surface area contributed by atoms with Gasteiger partial charge in [0, 0.05) is 25.2 Å². The van der Waals surface area contributed by atoms with Crippen molar-refractivity contribution < 1.29 is 18.6 Å². The molecule has 2 aliphatic rings. The Kier molecular flexibility index (Phi) is 7.07. The van der Waals surface area contributed by atoms with E-state index in [4.69, 9.17) is 15.5 Å². The first-order valence-corrected chi connectivity index (χ1v) is 12.1. The summed E-state index contributed by atoms with van der Waals surface area (Å²) in [6.45, 7) is 1.93. The summed E-state index contributed by atoms with van der Waals surface area (Å²) in [6, 6.07) is 8.66. The maximum Gasteiger partial charge on any atom is 0.296 e. The number of hydrogen-bond donors (Lipinski definition) is 3. The summed E-state index contributed by atoms with van der Waals surface area (Å²) < 4.78 is 35.0. The number of anilines is 2. The van der Waals surface area contributed by atoms with E-state index in [1.807, 2.05) is 4.90 Å². The summed E-state index contributed by atoms with van der Waals surface area (Å²) in [5.41, 5.74) is 7.05. The van der Waals surface area contributed by atoms with E-state index in [1.165, 1.54) is 4.57 Å². The van der Waals surface area contributed by atoms with Gasteiger partial charge in [0.05, 0.1) is 36.9 Å². The van der Waals surface area contributed by atoms with Gasteiger partial charge < -0.3 is 25.8 Å². The van der Waals surface area contributed by atoms with E-state index in [0.717, 1.165) is 25.7 Å². The molecule has 4 N–H and O–H groups in total. The van der Waals surface area contributed by atoms with Gasteiger partial charge in [0.15, 0.2) is 5.82 Å². The van der Waals surface area contributed by atoms with Crippen molar-refractivity contribution in [2.75, 3.05) is 43.1 Å². The Bertz CT molecular complexity index is 1150. The molecule has 5 rings (SSSR count). The van der Waals surface area contributed by atoms with Crippen molar-refractivity contribution in [3.63, 3.8) is 0 Å². The second-order valence-electron chi connectivity index (χ2n) is 9.27. The smallest absolute Gasteiger partial charge is 0.296 e. The predicted octanol–water partition coefficient (Wildman–Crippen LogP) is 2.88. The number of rotatable bonds is 7. The van der Waals surface area contributed by atoms with Crippen LogP contribution in [0.2, 0.25) is 0 Å². The van der Waals surface area contributed by atoms with Gasteiger partial charge in [0.1, 0.15) is 11.6 Å². The molecule has 0 bridgehead atoms. The number of aliphatic hydroxyl groups excluding tert-OH is 1. The van der Waals surface area contributed by atoms with E-state index in [0.29, 0.717) is 60.8 Å². The number of benzene rings is 1. The number of aromatic nitrogens is 4. The number of para-hydroxylation sites is 2. The lowest BCUT2D eigenvalue weighted by atomic mass is 9.86. The van der Waals surface area contributed by atoms with Gasteiger partial charge >= 0.3 is 0 Å². The molecule has 0 unspecified atom stereocenters. The maximum absolute atomic E-state index is 14.0. The third-order valence-corrected chi connectivity index (χ3v) is 6.88. The van der Waals surface area contributed by atoms with Crippen LogP contribution in [0.4, 0.5) is 20.5 Å². The zero-order valence-electron chi connectivity index (χ0n) is 19.5. The first kappa shape index (κ1) is 23.8. The van der Waals surface area contributed by atoms with Gasteiger partial charge in [-0.3, -0.25) is 4.57 Å². The molecule has 9 nitrogen and oxygen atoms in total. The summed E-state index contributed by atoms with van der Waals surface area (Å²) in [7, 11) is 0. The van der Waals surface area contributed by atoms with Gasteiger partial charge in [-0.05, 0) is 43.7 Å². The topological polar surface area (TPSA) is 114 Å². The summed E-state index contributed by atoms with van der Waals surface area (Å²) in [5, 5.41) is 13.2. The normalized spacial score (nSPS) is 23.2. The molecular weight excluding hydrogens is 456 g/mol. The number of morpholine rings is 1. The monoisotopic (exact) mass is 487 g/mol. The van der Waals surface area contributed by atoms with Gasteiger partial charge in [-0.15, -0.1) is 0 Å². The second kappa shape index (κ2) is 10.4. The Labute approximate surface area is 202 Å². The SMILES string of the molecule is NC1CCC(CNc2nc(N3CCOC[C@@H]3CO)cc(-n3c(C(F)F)nc4ccccc43)n2)CC1. The lowest BCUT2D eigenvalue weighted by molar-refractivity contribution is 0.0723. The highest BCUT2D eigenvalue weighted by molar-refractivity contribution is 5.78. The molecule has 2 fully saturated rings. The molecule has 2 aromatic heterocycles. The molecule has 1 aliphatic heterocycles. The molecule has 35 heavy (non-hydrogen) atoms. The number of alkyl halides is 2. The van der Waals surface area contributed by atoms with E-state index < -0.39 is 6.43 Å². The average molecular weight is 488 g/mol. The Morgan fingerprint density at radius 3 is 2.66 bits per heavy atom. The van der Waals surface area contributed by atoms with Crippen LogP contribution in [0.3, 0.4) is 0 Å². The zero-order valence-corrected chi connectivity index (χ0v) is 19.5. The van der Waals surface area contributed by atoms with Crippen LogP contribution in [0, 0.1) is 5.92 Å². The van der Waals surface area contributed by atoms with E-state index in [1.54, 1.807) is 30.3 Å². The van der Waals surface area contributed by atoms with Crippen molar-refractivity contribution in [2.24, 2.45) is 11.7 Å². The highest BCUT2D eigenvalue weighted by Gasteiger charge is 2.27. The fourth-order valence-corrected chi connectivity index (χ4v) is 4.93. The molecule has 0 spiro atoms. The van der Waals surface area contributed by atoms with Crippen LogP contribution in [0.25, 0.3) is 16.9 Å². The van der Waals surface area contributed by atoms with Crippen LogP contribution in [-0.4, -0.2) is 69.6 Å². The van der Waals surface area contributed by atoms with Crippen LogP contribution in [0.1, 0.15) is 37.9 Å². The number of nitrogens with one attached hydrogen (secondary N) is 1. The molecule has 3 heterocycles. The van der Waals surface area contributed by atoms with Crippen molar-refractivity contribution >= 4 is 22.8 Å². The number of ether oxygens (including phenoxy) is 1. The standard InChI is InChI=1S/C24H31F2N7O2/c25-22(26)23-29-18-3-1-2-4-19(18)33(23)21-11-20(32-9-10-35-14-17(32)13-34)30-24(31-21)28-12-15-5-7-16(27)8-6-15/h1-4,11,15-17,22,34H,5-10,12-14,27H2,(H,28,30,31)/t15?,16?,17-/m0/s1. The van der Waals surface area contributed by atoms with Gasteiger partial charge in [-0.2, -0.15) is 9.97 Å². The third kappa shape index (κ3) is 5.07. The van der Waals surface area contributed by atoms with Crippen LogP contribution in [-0.2, 0) is 4.74 Å². The number of nitrogens with two attached hydrogens (primary N) is 1. The maximum atomic E-state index is 14.0. The van der Waals surface area contributed by atoms with Crippen molar-refractivity contribution in [1.29, 1.82) is 0 Å². The van der Waals surface area contributed by atoms with Gasteiger partial charge in [-0.1, -0.05) is 12.1 Å². The molecule has 1 saturated carbocycles. The van der Waals surface area contributed by atoms with Crippen LogP contribution < -0.4 is 16.0 Å². The first-order valence-electron chi connectivity index (χ1n) is 12.1. The summed E-state index contributed by atoms with van der Waals surface area (Å²) in [6.07, 6.45) is 1.25. The Balaban J connectivity index is 1.55. The van der Waals surface area contributed by atoms with Gasteiger partial charge in [0.25, 0.3) is 6.43 Å². The van der Waals surface area contributed by atoms with E-state index in [-0.39, 0.29) is 24.5 Å². The van der Waals surface area contributed by atoms with Crippen molar-refractivity contribution in [3.8, 4) is 5.82 Å². The number of imidazole rings is 1. The second-order valence-corrected chi connectivity index (χ2v) is 9.27. The number of fused-ring (bicyclic) bond motifs is 1. The first-order chi connectivity index (χ1) is 17.0. The van der Waals surface area contributed by atoms with Crippen LogP contribution in [0.15, 0.2) is 30.3 Å². The minimum Gasteiger partial charge on any atom is -0.394 e. The average Bonchev–Trinajstić information content (AvgIpc) is 3.28. The number of aliphatic hydroxyl groups is 1. The van der Waals surface area contributed by atoms with Crippen LogP contribution >= 0.6 is 0 Å². The lowest BCUT2D eigenvalue weighted by Gasteiger charge is -2.35. The highest BCUT2D eigenvalue weighted by atomic mass is 19.3. The molecule has 0 amide bonds. The van der Waals surface area contributed by atoms with Crippen molar-refractivity contribution in [2.45, 2.75) is 44.2 Å². The molecule has 11 heteroatoms. The van der Waals surface area contributed by atoms with Gasteiger partial charge in [0.2, 0.25) is 5.95 Å². The third-order valence-electron chi connectivity index (χ3n) is 6.88. The molecule has 188 valence electrons. The predicted molar refractivity (Wildman–Crippen MR) is 129 cm³/mol. The molecule has 0 radical (unpaired) electrons. The number of nitrogens with zero attached hydrogens (tertiary/aromatic N) is 5. The Morgan fingerprint density at radius 1 is 1.11 bits per heavy atom. The summed E-state index contributed by atoms with van der Waals surface area (Å²) >= 11 is 0. The van der Waals surface area contributed by atoms with Crippen molar-refractivity contribution in [1.82, 2.24) is 19.5 Å². The largest absolute Gasteiger partial charge is 0.394 e. The summed E-state index contributed by atoms with van der Waals surface area (Å²) in [5.74, 6) is 1.28. The molecule has 1 aromatic carbocycles. The summed E-state index contributed by atoms with van der Waals surface area (Å²) in [4.78, 5) is 15.5. The minimum absolute atomic E-state index is 0.110. The highest BCUT2D eigenvalue weighted by Crippen LogP contribution is 2.30. The minimum atomic E-state index is -2.78. The van der Waals surface area contributed by atoms with Crippen molar-refractivity contribution in [3.05, 3.63) is 36.2 Å². The number of halogens is 2. The molecule has 1 aliphatic carbocycles. The quantitative estimate of drug-likeness (QED) is 0.466.